The molecule has 5 unspecified atom stereocenters. The zero-order valence-electron chi connectivity index (χ0n) is 41.2. The number of methoxy groups -OCH3 is 3. The van der Waals surface area contributed by atoms with Gasteiger partial charge in [0.15, 0.2) is 19.7 Å². The van der Waals surface area contributed by atoms with E-state index in [9.17, 15) is 4.79 Å². The maximum absolute atomic E-state index is 15.2. The third kappa shape index (κ3) is 8.25. The number of carbonyl (C=O) groups excluding carboxylic acids is 2. The van der Waals surface area contributed by atoms with E-state index in [1.165, 1.54) is 26.0 Å². The summed E-state index contributed by atoms with van der Waals surface area (Å²) >= 11 is 0. The number of esters is 2. The van der Waals surface area contributed by atoms with Crippen molar-refractivity contribution in [1.82, 2.24) is 0 Å². The Hall–Kier alpha value is -4.39. The highest BCUT2D eigenvalue weighted by molar-refractivity contribution is 6.83. The molecule has 64 heavy (non-hydrogen) atoms. The average Bonchev–Trinajstić information content (AvgIpc) is 3.32. The summed E-state index contributed by atoms with van der Waals surface area (Å²) < 4.78 is 38.1. The third-order valence-electron chi connectivity index (χ3n) is 16.7. The molecule has 4 aromatic carbocycles. The van der Waals surface area contributed by atoms with Crippen LogP contribution in [-0.4, -0.2) is 54.9 Å². The summed E-state index contributed by atoms with van der Waals surface area (Å²) in [7, 11) is 0.588. The molecule has 1 fully saturated rings. The molecule has 0 aromatic heterocycles. The van der Waals surface area contributed by atoms with Gasteiger partial charge in [-0.2, -0.15) is 0 Å². The summed E-state index contributed by atoms with van der Waals surface area (Å²) in [5.74, 6) is 1.09. The van der Waals surface area contributed by atoms with Crippen LogP contribution >= 0.6 is 0 Å². The van der Waals surface area contributed by atoms with E-state index < -0.39 is 33.4 Å². The molecule has 0 bridgehead atoms. The molecule has 4 aromatic rings. The Morgan fingerprint density at radius 2 is 1.39 bits per heavy atom. The van der Waals surface area contributed by atoms with Gasteiger partial charge in [0.1, 0.15) is 22.8 Å². The summed E-state index contributed by atoms with van der Waals surface area (Å²) in [6, 6.07) is 25.6. The van der Waals surface area contributed by atoms with E-state index >= 15 is 4.79 Å². The van der Waals surface area contributed by atoms with Crippen LogP contribution in [0.5, 0.6) is 23.0 Å². The van der Waals surface area contributed by atoms with Gasteiger partial charge in [0.05, 0.1) is 34.8 Å². The number of benzene rings is 4. The molecular weight excluding hydrogens is 833 g/mol. The van der Waals surface area contributed by atoms with Gasteiger partial charge in [-0.3, -0.25) is 4.79 Å². The Balaban J connectivity index is 1.42. The van der Waals surface area contributed by atoms with Gasteiger partial charge in [0.25, 0.3) is 0 Å². The lowest BCUT2D eigenvalue weighted by Gasteiger charge is -2.66. The number of rotatable bonds is 19. The van der Waals surface area contributed by atoms with Crippen molar-refractivity contribution in [2.24, 2.45) is 10.8 Å². The molecule has 5 atom stereocenters. The minimum Gasteiger partial charge on any atom is -0.497 e. The van der Waals surface area contributed by atoms with Gasteiger partial charge >= 0.3 is 11.9 Å². The summed E-state index contributed by atoms with van der Waals surface area (Å²) in [5.41, 5.74) is 0.123. The number of hydrogen-bond acceptors (Lipinski definition) is 8. The van der Waals surface area contributed by atoms with Crippen LogP contribution in [0.2, 0.25) is 36.8 Å². The maximum atomic E-state index is 15.2. The van der Waals surface area contributed by atoms with E-state index in [0.717, 1.165) is 36.4 Å². The lowest BCUT2D eigenvalue weighted by Crippen LogP contribution is -2.68. The van der Waals surface area contributed by atoms with Gasteiger partial charge in [-0.25, -0.2) is 4.79 Å². The molecule has 0 N–H and O–H groups in total. The highest BCUT2D eigenvalue weighted by Crippen LogP contribution is 2.70. The summed E-state index contributed by atoms with van der Waals surface area (Å²) in [4.78, 5) is 29.3. The lowest BCUT2D eigenvalue weighted by molar-refractivity contribution is -0.148. The average molecular weight is 907 g/mol. The van der Waals surface area contributed by atoms with Crippen molar-refractivity contribution in [3.8, 4) is 23.0 Å². The summed E-state index contributed by atoms with van der Waals surface area (Å²) in [6.07, 6.45) is 10.5. The molecule has 0 spiro atoms. The molecule has 0 aliphatic carbocycles. The second-order valence-corrected chi connectivity index (χ2v) is 29.8. The van der Waals surface area contributed by atoms with Gasteiger partial charge in [0.2, 0.25) is 0 Å². The zero-order chi connectivity index (χ0) is 46.9. The molecule has 2 aliphatic heterocycles. The number of carbonyl (C=O) groups is 2. The van der Waals surface area contributed by atoms with Crippen LogP contribution in [0.25, 0.3) is 16.8 Å². The van der Waals surface area contributed by atoms with Gasteiger partial charge in [-0.1, -0.05) is 128 Å². The fourth-order valence-corrected chi connectivity index (χ4v) is 20.0. The fourth-order valence-electron chi connectivity index (χ4n) is 10.8. The number of fused-ring (bicyclic) bond motifs is 3. The number of hydrogen-bond donors (Lipinski definition) is 0. The van der Waals surface area contributed by atoms with E-state index in [-0.39, 0.29) is 33.0 Å². The van der Waals surface area contributed by atoms with Gasteiger partial charge < -0.3 is 28.1 Å². The van der Waals surface area contributed by atoms with E-state index in [1.54, 1.807) is 14.2 Å². The molecule has 0 radical (unpaired) electrons. The van der Waals surface area contributed by atoms with Crippen LogP contribution in [0.3, 0.4) is 0 Å². The smallest absolute Gasteiger partial charge is 0.342 e. The Labute approximate surface area is 385 Å². The molecule has 0 amide bonds. The van der Waals surface area contributed by atoms with E-state index in [1.807, 2.05) is 91.9 Å². The first kappa shape index (κ1) is 49.1. The SMILES string of the molecule is CCCC[Si](C)(C)C(C)(CC)O[Si]1(C)CCC1(C)C(C)(CC)CC(C)(CC)C(=O)Oc1c(C(=O)OC)c2c(c3ccccc13)OC(c1ccc(OC)cc1)(c1ccc(OC)cc1)C=C2. The van der Waals surface area contributed by atoms with Crippen LogP contribution in [-0.2, 0) is 19.6 Å². The van der Waals surface area contributed by atoms with Crippen molar-refractivity contribution in [1.29, 1.82) is 0 Å². The minimum absolute atomic E-state index is 0.0603. The summed E-state index contributed by atoms with van der Waals surface area (Å²) in [6.45, 7) is 25.8. The normalized spacial score (nSPS) is 21.8. The predicted octanol–water partition coefficient (Wildman–Crippen LogP) is 14.1. The number of unbranched alkanes of at least 4 members (excludes halogenated alkanes) is 1. The van der Waals surface area contributed by atoms with Gasteiger partial charge in [-0.05, 0) is 99.0 Å². The van der Waals surface area contributed by atoms with Crippen molar-refractivity contribution in [2.75, 3.05) is 21.3 Å². The van der Waals surface area contributed by atoms with Crippen molar-refractivity contribution in [3.63, 3.8) is 0 Å². The molecule has 346 valence electrons. The first-order chi connectivity index (χ1) is 30.2. The van der Waals surface area contributed by atoms with Crippen molar-refractivity contribution in [3.05, 3.63) is 101 Å². The Bertz CT molecular complexity index is 2310. The molecular formula is C54H74O8Si2. The Morgan fingerprint density at radius 1 is 0.812 bits per heavy atom. The second-order valence-electron chi connectivity index (χ2n) is 20.2. The first-order valence-corrected chi connectivity index (χ1v) is 29.3. The van der Waals surface area contributed by atoms with Gasteiger partial charge in [-0.15, -0.1) is 0 Å². The Morgan fingerprint density at radius 3 is 1.86 bits per heavy atom. The van der Waals surface area contributed by atoms with Crippen LogP contribution < -0.4 is 18.9 Å². The quantitative estimate of drug-likeness (QED) is 0.0522. The van der Waals surface area contributed by atoms with E-state index in [0.29, 0.717) is 46.4 Å². The molecule has 6 rings (SSSR count). The van der Waals surface area contributed by atoms with E-state index in [2.05, 4.69) is 68.1 Å². The largest absolute Gasteiger partial charge is 0.497 e. The molecule has 2 heterocycles. The van der Waals surface area contributed by atoms with Gasteiger partial charge in [0, 0.05) is 32.7 Å². The molecule has 2 aliphatic rings. The van der Waals surface area contributed by atoms with Crippen LogP contribution in [0.1, 0.15) is 127 Å². The summed E-state index contributed by atoms with van der Waals surface area (Å²) in [5, 5.41) is 1.10. The molecule has 0 saturated carbocycles. The standard InChI is InChI=1S/C54H74O8Si2/c1-15-19-35-63(12,13)53(8,18-4)62-64(14)36-34-52(64,7)51(6,17-3)37-50(5,16-2)49(56)60-47-43-23-21-20-22-42(43)46-44(45(47)48(55)59-11)32-33-54(61-46,38-24-28-40(57-9)29-25-38)39-26-30-41(58-10)31-27-39/h20-33H,15-19,34-37H2,1-14H3. The predicted molar refractivity (Wildman–Crippen MR) is 265 cm³/mol. The lowest BCUT2D eigenvalue weighted by atomic mass is 9.63. The maximum Gasteiger partial charge on any atom is 0.342 e. The van der Waals surface area contributed by atoms with Crippen molar-refractivity contribution < 1.29 is 37.7 Å². The van der Waals surface area contributed by atoms with E-state index in [4.69, 9.17) is 28.1 Å². The third-order valence-corrected chi connectivity index (χ3v) is 27.1. The topological polar surface area (TPSA) is 89.5 Å². The molecule has 10 heteroatoms. The van der Waals surface area contributed by atoms with Crippen LogP contribution in [0.15, 0.2) is 78.9 Å². The monoisotopic (exact) mass is 906 g/mol. The second kappa shape index (κ2) is 18.5. The number of ether oxygens (including phenoxy) is 5. The van der Waals surface area contributed by atoms with Crippen LogP contribution in [0, 0.1) is 10.8 Å². The molecule has 8 nitrogen and oxygen atoms in total. The van der Waals surface area contributed by atoms with Crippen molar-refractivity contribution >= 4 is 45.2 Å². The minimum atomic E-state index is -2.30. The van der Waals surface area contributed by atoms with Crippen LogP contribution in [0.4, 0.5) is 0 Å². The first-order valence-electron chi connectivity index (χ1n) is 23.5. The zero-order valence-corrected chi connectivity index (χ0v) is 43.2. The highest BCUT2D eigenvalue weighted by Gasteiger charge is 2.67. The highest BCUT2D eigenvalue weighted by atomic mass is 28.4. The Kier molecular flexibility index (Phi) is 14.2. The fraction of sp³-hybridized carbons (Fsp3) is 0.519. The molecule has 1 saturated heterocycles. The van der Waals surface area contributed by atoms with Crippen molar-refractivity contribution in [2.45, 2.75) is 148 Å².